The molecular formula is C22H20N4O3S2. The first-order chi connectivity index (χ1) is 14.9. The Bertz CT molecular complexity index is 1310. The Morgan fingerprint density at radius 1 is 1.03 bits per heavy atom. The van der Waals surface area contributed by atoms with Gasteiger partial charge in [0.05, 0.1) is 21.0 Å². The number of nitrogens with one attached hydrogen (secondary N) is 1. The number of hydrogen-bond donors (Lipinski definition) is 1. The third-order valence-electron chi connectivity index (χ3n) is 4.60. The molecule has 0 aliphatic rings. The lowest BCUT2D eigenvalue weighted by Gasteiger charge is -2.12. The molecule has 1 N–H and O–H groups in total. The molecule has 2 aromatic carbocycles. The van der Waals surface area contributed by atoms with Gasteiger partial charge in [0.15, 0.2) is 0 Å². The molecule has 31 heavy (non-hydrogen) atoms. The van der Waals surface area contributed by atoms with E-state index >= 15 is 0 Å². The lowest BCUT2D eigenvalue weighted by atomic mass is 10.2. The number of aromatic nitrogens is 2. The zero-order chi connectivity index (χ0) is 22.0. The van der Waals surface area contributed by atoms with Crippen LogP contribution in [0, 0.1) is 0 Å². The van der Waals surface area contributed by atoms with E-state index in [2.05, 4.69) is 10.4 Å². The lowest BCUT2D eigenvalue weighted by Crippen LogP contribution is -2.22. The average molecular weight is 453 g/mol. The Morgan fingerprint density at radius 3 is 2.48 bits per heavy atom. The largest absolute Gasteiger partial charge is 0.322 e. The van der Waals surface area contributed by atoms with Gasteiger partial charge < -0.3 is 5.32 Å². The second kappa shape index (κ2) is 8.46. The van der Waals surface area contributed by atoms with Crippen molar-refractivity contribution in [2.45, 2.75) is 4.90 Å². The molecular weight excluding hydrogens is 432 g/mol. The fourth-order valence-electron chi connectivity index (χ4n) is 2.99. The van der Waals surface area contributed by atoms with Gasteiger partial charge in [0, 0.05) is 26.0 Å². The highest BCUT2D eigenvalue weighted by atomic mass is 32.2. The fraction of sp³-hybridized carbons (Fsp3) is 0.0909. The van der Waals surface area contributed by atoms with Crippen molar-refractivity contribution in [3.63, 3.8) is 0 Å². The van der Waals surface area contributed by atoms with Crippen LogP contribution in [-0.2, 0) is 10.0 Å². The molecule has 4 rings (SSSR count). The molecule has 9 heteroatoms. The highest BCUT2D eigenvalue weighted by Gasteiger charge is 2.21. The van der Waals surface area contributed by atoms with E-state index in [4.69, 9.17) is 0 Å². The summed E-state index contributed by atoms with van der Waals surface area (Å²) in [5.41, 5.74) is 2.18. The number of para-hydroxylation sites is 1. The number of hydrogen-bond acceptors (Lipinski definition) is 5. The van der Waals surface area contributed by atoms with Crippen molar-refractivity contribution in [1.82, 2.24) is 14.1 Å². The van der Waals surface area contributed by atoms with Crippen LogP contribution in [0.25, 0.3) is 16.3 Å². The highest BCUT2D eigenvalue weighted by molar-refractivity contribution is 7.89. The van der Waals surface area contributed by atoms with Gasteiger partial charge in [-0.2, -0.15) is 5.10 Å². The fourth-order valence-corrected chi connectivity index (χ4v) is 4.66. The van der Waals surface area contributed by atoms with Gasteiger partial charge in [-0.1, -0.05) is 30.3 Å². The Balaban J connectivity index is 1.70. The van der Waals surface area contributed by atoms with Crippen LogP contribution in [0.2, 0.25) is 0 Å². The van der Waals surface area contributed by atoms with E-state index in [0.29, 0.717) is 16.9 Å². The Kier molecular flexibility index (Phi) is 5.73. The number of amides is 1. The van der Waals surface area contributed by atoms with Crippen LogP contribution in [0.5, 0.6) is 0 Å². The molecule has 0 saturated carbocycles. The molecule has 4 aromatic rings. The molecule has 158 valence electrons. The van der Waals surface area contributed by atoms with Gasteiger partial charge in [0.1, 0.15) is 5.69 Å². The third kappa shape index (κ3) is 4.29. The number of sulfonamides is 1. The lowest BCUT2D eigenvalue weighted by molar-refractivity contribution is 0.102. The minimum atomic E-state index is -3.61. The first-order valence-corrected chi connectivity index (χ1v) is 11.7. The summed E-state index contributed by atoms with van der Waals surface area (Å²) in [7, 11) is -0.680. The van der Waals surface area contributed by atoms with Gasteiger partial charge in [0.25, 0.3) is 5.91 Å². The van der Waals surface area contributed by atoms with Gasteiger partial charge >= 0.3 is 0 Å². The Labute approximate surface area is 184 Å². The van der Waals surface area contributed by atoms with E-state index in [0.717, 1.165) is 14.9 Å². The Hall–Kier alpha value is -3.27. The topological polar surface area (TPSA) is 84.3 Å². The summed E-state index contributed by atoms with van der Waals surface area (Å²) < 4.78 is 27.6. The highest BCUT2D eigenvalue weighted by Crippen LogP contribution is 2.28. The third-order valence-corrected chi connectivity index (χ3v) is 7.29. The molecule has 2 aromatic heterocycles. The van der Waals surface area contributed by atoms with E-state index in [1.165, 1.54) is 37.6 Å². The standard InChI is InChI=1S/C22H20N4O3S2/c1-25(2)31(28,29)18-11-6-8-16(14-18)23-22(27)19-15-26(17-9-4-3-5-10-17)24-21(19)20-12-7-13-30-20/h3-15H,1-2H3,(H,23,27). The van der Waals surface area contributed by atoms with Crippen LogP contribution in [0.3, 0.4) is 0 Å². The van der Waals surface area contributed by atoms with Crippen LogP contribution in [0.15, 0.2) is 83.2 Å². The van der Waals surface area contributed by atoms with Crippen molar-refractivity contribution in [2.75, 3.05) is 19.4 Å². The maximum Gasteiger partial charge on any atom is 0.259 e. The molecule has 0 aliphatic heterocycles. The molecule has 1 amide bonds. The SMILES string of the molecule is CN(C)S(=O)(=O)c1cccc(NC(=O)c2cn(-c3ccccc3)nc2-c2cccs2)c1. The van der Waals surface area contributed by atoms with Gasteiger partial charge in [-0.3, -0.25) is 4.79 Å². The maximum absolute atomic E-state index is 13.1. The Morgan fingerprint density at radius 2 is 1.81 bits per heavy atom. The first kappa shape index (κ1) is 21.0. The van der Waals surface area contributed by atoms with Crippen LogP contribution >= 0.6 is 11.3 Å². The van der Waals surface area contributed by atoms with Gasteiger partial charge in [-0.25, -0.2) is 17.4 Å². The van der Waals surface area contributed by atoms with Crippen molar-refractivity contribution >= 4 is 33.0 Å². The average Bonchev–Trinajstić information content (AvgIpc) is 3.44. The van der Waals surface area contributed by atoms with Crippen LogP contribution in [-0.4, -0.2) is 42.5 Å². The summed E-state index contributed by atoms with van der Waals surface area (Å²) in [6.45, 7) is 0. The zero-order valence-corrected chi connectivity index (χ0v) is 18.5. The molecule has 7 nitrogen and oxygen atoms in total. The molecule has 0 spiro atoms. The molecule has 0 fully saturated rings. The number of rotatable bonds is 6. The maximum atomic E-state index is 13.1. The van der Waals surface area contributed by atoms with Gasteiger partial charge in [-0.15, -0.1) is 11.3 Å². The van der Waals surface area contributed by atoms with E-state index in [-0.39, 0.29) is 10.8 Å². The predicted octanol–water partition coefficient (Wildman–Crippen LogP) is 4.10. The predicted molar refractivity (Wildman–Crippen MR) is 122 cm³/mol. The smallest absolute Gasteiger partial charge is 0.259 e. The molecule has 0 unspecified atom stereocenters. The van der Waals surface area contributed by atoms with Crippen molar-refractivity contribution in [1.29, 1.82) is 0 Å². The summed E-state index contributed by atoms with van der Waals surface area (Å²) in [6.07, 6.45) is 1.68. The van der Waals surface area contributed by atoms with Gasteiger partial charge in [-0.05, 0) is 41.8 Å². The minimum Gasteiger partial charge on any atom is -0.322 e. The number of anilines is 1. The molecule has 0 bridgehead atoms. The van der Waals surface area contributed by atoms with Crippen LogP contribution in [0.4, 0.5) is 5.69 Å². The number of benzene rings is 2. The zero-order valence-electron chi connectivity index (χ0n) is 16.9. The van der Waals surface area contributed by atoms with Crippen LogP contribution in [0.1, 0.15) is 10.4 Å². The van der Waals surface area contributed by atoms with Crippen LogP contribution < -0.4 is 5.32 Å². The molecule has 0 radical (unpaired) electrons. The van der Waals surface area contributed by atoms with Gasteiger partial charge in [0.2, 0.25) is 10.0 Å². The van der Waals surface area contributed by atoms with Crippen molar-refractivity contribution < 1.29 is 13.2 Å². The minimum absolute atomic E-state index is 0.105. The van der Waals surface area contributed by atoms with E-state index in [1.54, 1.807) is 23.0 Å². The van der Waals surface area contributed by atoms with E-state index < -0.39 is 10.0 Å². The summed E-state index contributed by atoms with van der Waals surface area (Å²) in [6, 6.07) is 19.5. The number of carbonyl (C=O) groups is 1. The van der Waals surface area contributed by atoms with E-state index in [9.17, 15) is 13.2 Å². The molecule has 2 heterocycles. The number of thiophene rings is 1. The van der Waals surface area contributed by atoms with Crippen molar-refractivity contribution in [3.05, 3.63) is 83.9 Å². The van der Waals surface area contributed by atoms with Crippen molar-refractivity contribution in [2.24, 2.45) is 0 Å². The van der Waals surface area contributed by atoms with E-state index in [1.807, 2.05) is 47.8 Å². The summed E-state index contributed by atoms with van der Waals surface area (Å²) in [4.78, 5) is 14.1. The first-order valence-electron chi connectivity index (χ1n) is 9.39. The number of carbonyl (C=O) groups excluding carboxylic acids is 1. The molecule has 0 saturated heterocycles. The summed E-state index contributed by atoms with van der Waals surface area (Å²) in [5, 5.41) is 9.36. The number of nitrogens with zero attached hydrogens (tertiary/aromatic N) is 3. The van der Waals surface area contributed by atoms with Crippen molar-refractivity contribution in [3.8, 4) is 16.3 Å². The quantitative estimate of drug-likeness (QED) is 0.477. The summed E-state index contributed by atoms with van der Waals surface area (Å²) >= 11 is 1.49. The molecule has 0 aliphatic carbocycles. The second-order valence-corrected chi connectivity index (χ2v) is 10.0. The summed E-state index contributed by atoms with van der Waals surface area (Å²) in [5.74, 6) is -0.370. The normalized spacial score (nSPS) is 11.6. The monoisotopic (exact) mass is 452 g/mol. The second-order valence-electron chi connectivity index (χ2n) is 6.92. The molecule has 0 atom stereocenters.